The van der Waals surface area contributed by atoms with Crippen LogP contribution in [0.1, 0.15) is 0 Å². The SMILES string of the molecule is [AlH3].[Ta].[Ti].[V]. The van der Waals surface area contributed by atoms with Crippen molar-refractivity contribution < 1.29 is 62.7 Å². The molecule has 0 saturated carbocycles. The largest absolute Gasteiger partial charge is 0.187 e. The summed E-state index contributed by atoms with van der Waals surface area (Å²) >= 11 is 0. The van der Waals surface area contributed by atoms with Crippen LogP contribution in [0.25, 0.3) is 0 Å². The van der Waals surface area contributed by atoms with Crippen molar-refractivity contribution in [2.45, 2.75) is 0 Å². The zero-order valence-corrected chi connectivity index (χ0v) is 7.57. The Balaban J connectivity index is 0. The molecule has 4 heteroatoms. The molecule has 2 radical (unpaired) electrons. The zero-order chi connectivity index (χ0) is 0. The van der Waals surface area contributed by atoms with E-state index in [2.05, 4.69) is 0 Å². The van der Waals surface area contributed by atoms with Gasteiger partial charge in [-0.3, -0.25) is 0 Å². The molecule has 0 atom stereocenters. The molecule has 0 aromatic carbocycles. The summed E-state index contributed by atoms with van der Waals surface area (Å²) in [6.07, 6.45) is 0. The Labute approximate surface area is 78.9 Å². The van der Waals surface area contributed by atoms with Gasteiger partial charge in [-0.25, -0.2) is 0 Å². The third kappa shape index (κ3) is 8.82. The molecular weight excluding hydrogens is 307 g/mol. The molecule has 0 heterocycles. The summed E-state index contributed by atoms with van der Waals surface area (Å²) in [6, 6.07) is 0. The van der Waals surface area contributed by atoms with Gasteiger partial charge < -0.3 is 0 Å². The Hall–Kier alpha value is 2.57. The molecule has 0 saturated heterocycles. The molecule has 0 aromatic rings. The molecule has 0 aliphatic heterocycles. The second-order valence-electron chi connectivity index (χ2n) is 0. The molecule has 20 valence electrons. The van der Waals surface area contributed by atoms with Crippen molar-refractivity contribution >= 4 is 17.4 Å². The van der Waals surface area contributed by atoms with E-state index in [-0.39, 0.29) is 80.0 Å². The van der Waals surface area contributed by atoms with Crippen molar-refractivity contribution in [3.63, 3.8) is 0 Å². The number of hydrogen-bond acceptors (Lipinski definition) is 0. The van der Waals surface area contributed by atoms with Crippen LogP contribution in [0.2, 0.25) is 0 Å². The first kappa shape index (κ1) is 30.8. The topological polar surface area (TPSA) is 0 Å². The normalized spacial score (nSPS) is 0. The quantitative estimate of drug-likeness (QED) is 0.494. The Bertz CT molecular complexity index is 8.00. The van der Waals surface area contributed by atoms with Gasteiger partial charge in [0.15, 0.2) is 17.4 Å². The molecule has 0 amide bonds. The first-order valence-corrected chi connectivity index (χ1v) is 0. The molecular formula is H3AlTaTiV. The van der Waals surface area contributed by atoms with Crippen LogP contribution >= 0.6 is 0 Å². The standard InChI is InChI=1S/Al.Ta.Ti.V.3H. The molecule has 0 bridgehead atoms. The van der Waals surface area contributed by atoms with Gasteiger partial charge in [0.2, 0.25) is 0 Å². The Morgan fingerprint density at radius 2 is 1.00 bits per heavy atom. The van der Waals surface area contributed by atoms with E-state index >= 15 is 0 Å². The van der Waals surface area contributed by atoms with Crippen molar-refractivity contribution in [3.8, 4) is 0 Å². The summed E-state index contributed by atoms with van der Waals surface area (Å²) in [5, 5.41) is 0. The average molecular weight is 310 g/mol. The molecule has 0 spiro atoms. The van der Waals surface area contributed by atoms with Gasteiger partial charge in [-0.05, 0) is 0 Å². The van der Waals surface area contributed by atoms with Crippen LogP contribution in [0.5, 0.6) is 0 Å². The number of hydrogen-bond donors (Lipinski definition) is 0. The minimum atomic E-state index is 0. The zero-order valence-electron chi connectivity index (χ0n) is 1.39. The summed E-state index contributed by atoms with van der Waals surface area (Å²) in [4.78, 5) is 0. The second kappa shape index (κ2) is 17.6. The summed E-state index contributed by atoms with van der Waals surface area (Å²) in [6.45, 7) is 0. The maximum absolute atomic E-state index is 0. The maximum Gasteiger partial charge on any atom is 0.187 e. The smallest absolute Gasteiger partial charge is 0 e. The third-order valence-corrected chi connectivity index (χ3v) is 0. The third-order valence-electron chi connectivity index (χ3n) is 0. The van der Waals surface area contributed by atoms with Crippen LogP contribution in [0, 0.1) is 0 Å². The van der Waals surface area contributed by atoms with Crippen molar-refractivity contribution in [3.05, 3.63) is 0 Å². The summed E-state index contributed by atoms with van der Waals surface area (Å²) in [5.74, 6) is 0. The van der Waals surface area contributed by atoms with Gasteiger partial charge in [0.25, 0.3) is 0 Å². The molecule has 0 aliphatic rings. The monoisotopic (exact) mass is 310 g/mol. The fourth-order valence-electron chi connectivity index (χ4n) is 0. The average Bonchev–Trinajstić information content (AvgIpc) is 0. The molecule has 4 heavy (non-hydrogen) atoms. The Kier molecular flexibility index (Phi) is 136. The molecule has 0 aliphatic carbocycles. The van der Waals surface area contributed by atoms with Gasteiger partial charge in [-0.2, -0.15) is 0 Å². The van der Waals surface area contributed by atoms with Crippen molar-refractivity contribution in [1.82, 2.24) is 0 Å². The summed E-state index contributed by atoms with van der Waals surface area (Å²) in [7, 11) is 0. The fourth-order valence-corrected chi connectivity index (χ4v) is 0. The minimum absolute atomic E-state index is 0. The molecule has 0 aromatic heterocycles. The first-order valence-electron chi connectivity index (χ1n) is 0. The van der Waals surface area contributed by atoms with E-state index in [9.17, 15) is 0 Å². The first-order chi connectivity index (χ1) is 0. The van der Waals surface area contributed by atoms with E-state index < -0.39 is 0 Å². The van der Waals surface area contributed by atoms with E-state index in [1.165, 1.54) is 0 Å². The van der Waals surface area contributed by atoms with Crippen LogP contribution in [0.3, 0.4) is 0 Å². The Morgan fingerprint density at radius 3 is 1.00 bits per heavy atom. The van der Waals surface area contributed by atoms with Crippen molar-refractivity contribution in [2.24, 2.45) is 0 Å². The fraction of sp³-hybridized carbons (Fsp3) is 0. The van der Waals surface area contributed by atoms with E-state index in [0.29, 0.717) is 0 Å². The summed E-state index contributed by atoms with van der Waals surface area (Å²) < 4.78 is 0. The van der Waals surface area contributed by atoms with Crippen LogP contribution in [0.4, 0.5) is 0 Å². The van der Waals surface area contributed by atoms with Gasteiger partial charge in [-0.15, -0.1) is 0 Å². The van der Waals surface area contributed by atoms with E-state index in [1.54, 1.807) is 0 Å². The van der Waals surface area contributed by atoms with E-state index in [4.69, 9.17) is 0 Å². The van der Waals surface area contributed by atoms with Gasteiger partial charge in [0.1, 0.15) is 0 Å². The molecule has 0 nitrogen and oxygen atoms in total. The van der Waals surface area contributed by atoms with Crippen LogP contribution in [0.15, 0.2) is 0 Å². The Morgan fingerprint density at radius 1 is 1.00 bits per heavy atom. The van der Waals surface area contributed by atoms with Gasteiger partial charge >= 0.3 is 0 Å². The van der Waals surface area contributed by atoms with Gasteiger partial charge in [0.05, 0.1) is 0 Å². The van der Waals surface area contributed by atoms with Gasteiger partial charge in [-0.1, -0.05) is 0 Å². The molecule has 0 fully saturated rings. The van der Waals surface area contributed by atoms with E-state index in [0.717, 1.165) is 0 Å². The van der Waals surface area contributed by atoms with Crippen LogP contribution < -0.4 is 0 Å². The van der Waals surface area contributed by atoms with Crippen molar-refractivity contribution in [1.29, 1.82) is 0 Å². The second-order valence-corrected chi connectivity index (χ2v) is 0. The van der Waals surface area contributed by atoms with E-state index in [1.807, 2.05) is 0 Å². The molecule has 0 unspecified atom stereocenters. The number of rotatable bonds is 0. The predicted octanol–water partition coefficient (Wildman–Crippen LogP) is -1.19. The molecule has 0 N–H and O–H groups in total. The maximum atomic E-state index is 0. The van der Waals surface area contributed by atoms with Crippen molar-refractivity contribution in [2.75, 3.05) is 0 Å². The molecule has 0 rings (SSSR count). The van der Waals surface area contributed by atoms with Crippen LogP contribution in [-0.2, 0) is 62.7 Å². The van der Waals surface area contributed by atoms with Gasteiger partial charge in [0, 0.05) is 62.7 Å². The van der Waals surface area contributed by atoms with Crippen LogP contribution in [-0.4, -0.2) is 17.4 Å². The predicted molar refractivity (Wildman–Crippen MR) is 9.94 cm³/mol. The summed E-state index contributed by atoms with van der Waals surface area (Å²) in [5.41, 5.74) is 0. The minimum Gasteiger partial charge on any atom is 0 e.